The minimum atomic E-state index is -0.424. The van der Waals surface area contributed by atoms with Crippen LogP contribution in [-0.4, -0.2) is 19.8 Å². The highest BCUT2D eigenvalue weighted by Crippen LogP contribution is 2.24. The Bertz CT molecular complexity index is 355. The van der Waals surface area contributed by atoms with Crippen molar-refractivity contribution in [3.8, 4) is 5.75 Å². The summed E-state index contributed by atoms with van der Waals surface area (Å²) in [6.07, 6.45) is 0.636. The molecule has 0 amide bonds. The van der Waals surface area contributed by atoms with Crippen LogP contribution >= 0.6 is 0 Å². The molecule has 0 aliphatic heterocycles. The predicted molar refractivity (Wildman–Crippen MR) is 62.1 cm³/mol. The fourth-order valence-corrected chi connectivity index (χ4v) is 1.32. The molecule has 1 rings (SSSR count). The average molecular weight is 227 g/mol. The lowest BCUT2D eigenvalue weighted by molar-refractivity contribution is 0.132. The monoisotopic (exact) mass is 227 g/mol. The number of hydrogen-bond acceptors (Lipinski definition) is 3. The molecule has 90 valence electrons. The van der Waals surface area contributed by atoms with Gasteiger partial charge in [0.15, 0.2) is 11.6 Å². The van der Waals surface area contributed by atoms with Crippen LogP contribution in [0.3, 0.4) is 0 Å². The summed E-state index contributed by atoms with van der Waals surface area (Å²) in [5.41, 5.74) is 6.84. The van der Waals surface area contributed by atoms with Crippen molar-refractivity contribution in [3.63, 3.8) is 0 Å². The largest absolute Gasteiger partial charge is 0.488 e. The molecule has 0 heterocycles. The Morgan fingerprint density at radius 3 is 2.75 bits per heavy atom. The van der Waals surface area contributed by atoms with E-state index in [4.69, 9.17) is 15.2 Å². The number of halogens is 1. The molecule has 1 unspecified atom stereocenters. The number of anilines is 1. The van der Waals surface area contributed by atoms with Crippen LogP contribution in [-0.2, 0) is 4.74 Å². The van der Waals surface area contributed by atoms with E-state index >= 15 is 0 Å². The zero-order chi connectivity index (χ0) is 12.1. The van der Waals surface area contributed by atoms with E-state index in [9.17, 15) is 4.39 Å². The highest BCUT2D eigenvalue weighted by molar-refractivity contribution is 5.50. The van der Waals surface area contributed by atoms with Gasteiger partial charge in [-0.3, -0.25) is 0 Å². The van der Waals surface area contributed by atoms with Gasteiger partial charge in [-0.15, -0.1) is 0 Å². The van der Waals surface area contributed by atoms with E-state index in [0.29, 0.717) is 12.3 Å². The van der Waals surface area contributed by atoms with Gasteiger partial charge in [0, 0.05) is 31.9 Å². The van der Waals surface area contributed by atoms with Crippen molar-refractivity contribution < 1.29 is 13.9 Å². The van der Waals surface area contributed by atoms with Crippen molar-refractivity contribution in [2.75, 3.05) is 19.5 Å². The molecule has 1 aromatic rings. The quantitative estimate of drug-likeness (QED) is 0.786. The number of hydrogen-bond donors (Lipinski definition) is 1. The Morgan fingerprint density at radius 2 is 2.12 bits per heavy atom. The number of nitrogens with two attached hydrogens (primary N) is 1. The second kappa shape index (κ2) is 5.70. The lowest BCUT2D eigenvalue weighted by atomic mass is 10.2. The third-order valence-corrected chi connectivity index (χ3v) is 2.38. The molecule has 0 fully saturated rings. The van der Waals surface area contributed by atoms with Crippen molar-refractivity contribution in [1.29, 1.82) is 0 Å². The van der Waals surface area contributed by atoms with E-state index in [-0.39, 0.29) is 11.9 Å². The van der Waals surface area contributed by atoms with E-state index in [2.05, 4.69) is 0 Å². The fraction of sp³-hybridized carbons (Fsp3) is 0.500. The van der Waals surface area contributed by atoms with Crippen molar-refractivity contribution in [1.82, 2.24) is 0 Å². The minimum absolute atomic E-state index is 0.0857. The van der Waals surface area contributed by atoms with Gasteiger partial charge in [-0.2, -0.15) is 0 Å². The summed E-state index contributed by atoms with van der Waals surface area (Å²) < 4.78 is 23.9. The lowest BCUT2D eigenvalue weighted by Gasteiger charge is -2.15. The molecule has 16 heavy (non-hydrogen) atoms. The van der Waals surface area contributed by atoms with Gasteiger partial charge < -0.3 is 15.2 Å². The Labute approximate surface area is 95.4 Å². The Hall–Kier alpha value is -1.29. The topological polar surface area (TPSA) is 44.5 Å². The smallest absolute Gasteiger partial charge is 0.167 e. The zero-order valence-electron chi connectivity index (χ0n) is 9.92. The van der Waals surface area contributed by atoms with Gasteiger partial charge in [-0.1, -0.05) is 0 Å². The van der Waals surface area contributed by atoms with Gasteiger partial charge in [0.25, 0.3) is 0 Å². The molecule has 0 spiro atoms. The molecule has 0 aliphatic carbocycles. The van der Waals surface area contributed by atoms with Crippen LogP contribution in [0.5, 0.6) is 5.75 Å². The second-order valence-corrected chi connectivity index (χ2v) is 3.85. The Balaban J connectivity index is 2.69. The molecule has 0 aliphatic rings. The number of rotatable bonds is 5. The van der Waals surface area contributed by atoms with Crippen molar-refractivity contribution >= 4 is 5.69 Å². The van der Waals surface area contributed by atoms with Crippen LogP contribution in [0.4, 0.5) is 10.1 Å². The van der Waals surface area contributed by atoms with Crippen LogP contribution in [0.1, 0.15) is 18.9 Å². The summed E-state index contributed by atoms with van der Waals surface area (Å²) in [6, 6.07) is 2.90. The van der Waals surface area contributed by atoms with Gasteiger partial charge in [-0.05, 0) is 25.5 Å². The number of benzene rings is 1. The molecule has 0 bridgehead atoms. The Morgan fingerprint density at radius 1 is 1.44 bits per heavy atom. The maximum atomic E-state index is 13.5. The van der Waals surface area contributed by atoms with E-state index < -0.39 is 5.82 Å². The van der Waals surface area contributed by atoms with Crippen LogP contribution in [0.25, 0.3) is 0 Å². The molecule has 1 aromatic carbocycles. The highest BCUT2D eigenvalue weighted by atomic mass is 19.1. The molecule has 3 nitrogen and oxygen atoms in total. The van der Waals surface area contributed by atoms with Crippen molar-refractivity contribution in [2.45, 2.75) is 26.4 Å². The van der Waals surface area contributed by atoms with E-state index in [0.717, 1.165) is 12.0 Å². The number of ether oxygens (including phenoxy) is 2. The van der Waals surface area contributed by atoms with Crippen molar-refractivity contribution in [3.05, 3.63) is 23.5 Å². The van der Waals surface area contributed by atoms with E-state index in [1.54, 1.807) is 13.2 Å². The number of aryl methyl sites for hydroxylation is 1. The standard InChI is InChI=1S/C12H18FNO2/c1-8-6-12(10(13)7-11(8)14)16-9(2)4-5-15-3/h6-7,9H,4-5,14H2,1-3H3. The maximum Gasteiger partial charge on any atom is 0.167 e. The Kier molecular flexibility index (Phi) is 4.55. The van der Waals surface area contributed by atoms with Gasteiger partial charge in [0.1, 0.15) is 0 Å². The number of nitrogen functional groups attached to an aromatic ring is 1. The van der Waals surface area contributed by atoms with Gasteiger partial charge in [0.2, 0.25) is 0 Å². The summed E-state index contributed by atoms with van der Waals surface area (Å²) >= 11 is 0. The van der Waals surface area contributed by atoms with Crippen LogP contribution < -0.4 is 10.5 Å². The third-order valence-electron chi connectivity index (χ3n) is 2.38. The first-order chi connectivity index (χ1) is 7.54. The minimum Gasteiger partial charge on any atom is -0.488 e. The average Bonchev–Trinajstić information content (AvgIpc) is 2.23. The fourth-order valence-electron chi connectivity index (χ4n) is 1.32. The summed E-state index contributed by atoms with van der Waals surface area (Å²) in [7, 11) is 1.63. The van der Waals surface area contributed by atoms with Crippen molar-refractivity contribution in [2.24, 2.45) is 0 Å². The molecule has 2 N–H and O–H groups in total. The first-order valence-corrected chi connectivity index (χ1v) is 5.25. The van der Waals surface area contributed by atoms with Gasteiger partial charge >= 0.3 is 0 Å². The second-order valence-electron chi connectivity index (χ2n) is 3.85. The first-order valence-electron chi connectivity index (χ1n) is 5.25. The van der Waals surface area contributed by atoms with Crippen LogP contribution in [0.2, 0.25) is 0 Å². The molecular formula is C12H18FNO2. The van der Waals surface area contributed by atoms with Gasteiger partial charge in [0.05, 0.1) is 6.10 Å². The number of methoxy groups -OCH3 is 1. The molecular weight excluding hydrogens is 209 g/mol. The normalized spacial score (nSPS) is 12.5. The molecule has 0 saturated heterocycles. The zero-order valence-corrected chi connectivity index (χ0v) is 9.92. The summed E-state index contributed by atoms with van der Waals surface area (Å²) in [5, 5.41) is 0. The first kappa shape index (κ1) is 12.8. The molecule has 0 saturated carbocycles. The summed E-state index contributed by atoms with van der Waals surface area (Å²) in [5.74, 6) is -0.178. The highest BCUT2D eigenvalue weighted by Gasteiger charge is 2.10. The third kappa shape index (κ3) is 3.38. The molecule has 0 radical (unpaired) electrons. The van der Waals surface area contributed by atoms with E-state index in [1.807, 2.05) is 13.8 Å². The SMILES string of the molecule is COCCC(C)Oc1cc(C)c(N)cc1F. The molecule has 4 heteroatoms. The summed E-state index contributed by atoms with van der Waals surface area (Å²) in [6.45, 7) is 4.29. The summed E-state index contributed by atoms with van der Waals surface area (Å²) in [4.78, 5) is 0. The predicted octanol–water partition coefficient (Wildman–Crippen LogP) is 2.52. The maximum absolute atomic E-state index is 13.5. The molecule has 0 aromatic heterocycles. The molecule has 1 atom stereocenters. The van der Waals surface area contributed by atoms with E-state index in [1.165, 1.54) is 6.07 Å². The lowest BCUT2D eigenvalue weighted by Crippen LogP contribution is -2.15. The van der Waals surface area contributed by atoms with Gasteiger partial charge in [-0.25, -0.2) is 4.39 Å². The van der Waals surface area contributed by atoms with Crippen LogP contribution in [0.15, 0.2) is 12.1 Å². The van der Waals surface area contributed by atoms with Crippen LogP contribution in [0, 0.1) is 12.7 Å².